The van der Waals surface area contributed by atoms with E-state index in [4.69, 9.17) is 15.0 Å². The summed E-state index contributed by atoms with van der Waals surface area (Å²) in [6.45, 7) is 13.7. The van der Waals surface area contributed by atoms with E-state index in [-0.39, 0.29) is 0 Å². The topological polar surface area (TPSA) is 37.6 Å². The lowest BCUT2D eigenvalue weighted by molar-refractivity contribution is 0.767. The van der Waals surface area contributed by atoms with Crippen LogP contribution in [0.3, 0.4) is 0 Å². The maximum atomic E-state index is 5.16. The lowest BCUT2D eigenvalue weighted by Crippen LogP contribution is -1.99. The molecule has 0 aliphatic heterocycles. The van der Waals surface area contributed by atoms with Crippen LogP contribution < -0.4 is 0 Å². The Hall–Kier alpha value is -3.07. The van der Waals surface area contributed by atoms with Crippen LogP contribution in [0.4, 0.5) is 11.4 Å². The highest BCUT2D eigenvalue weighted by molar-refractivity contribution is 5.85. The van der Waals surface area contributed by atoms with Crippen molar-refractivity contribution in [3.8, 4) is 0 Å². The summed E-state index contributed by atoms with van der Waals surface area (Å²) in [4.78, 5) is 15.3. The van der Waals surface area contributed by atoms with Gasteiger partial charge in [-0.2, -0.15) is 0 Å². The molecule has 1 aromatic heterocycles. The second-order valence-electron chi connectivity index (χ2n) is 13.2. The molecule has 0 atom stereocenters. The number of aryl methyl sites for hydroxylation is 6. The molecule has 0 N–H and O–H groups in total. The fraction of sp³-hybridized carbons (Fsp3) is 0.558. The molecule has 0 spiro atoms. The molecule has 0 saturated carbocycles. The van der Waals surface area contributed by atoms with Crippen LogP contribution in [-0.2, 0) is 38.5 Å². The molecule has 250 valence electrons. The monoisotopic (exact) mass is 622 g/mol. The van der Waals surface area contributed by atoms with Crippen molar-refractivity contribution in [2.75, 3.05) is 0 Å². The number of hydrogen-bond donors (Lipinski definition) is 0. The normalized spacial score (nSPS) is 11.8. The Balaban J connectivity index is 1.97. The van der Waals surface area contributed by atoms with Gasteiger partial charge < -0.3 is 0 Å². The molecule has 0 aliphatic carbocycles. The SMILES string of the molecule is CCCCc1cc(CCCC)c(N=Cc2cccc(C=Nc3c(CCCC)cc(CCCC)cc3CCCC)n2)c(CCCC)c1. The number of unbranched alkanes of at least 4 members (excludes halogenated alkanes) is 6. The first-order valence-corrected chi connectivity index (χ1v) is 18.9. The van der Waals surface area contributed by atoms with Crippen molar-refractivity contribution in [3.63, 3.8) is 0 Å². The van der Waals surface area contributed by atoms with Crippen LogP contribution in [0.2, 0.25) is 0 Å². The van der Waals surface area contributed by atoms with Crippen LogP contribution in [0.1, 0.15) is 163 Å². The van der Waals surface area contributed by atoms with E-state index < -0.39 is 0 Å². The standard InChI is InChI=1S/C43H63N3/c1-7-13-20-34-28-36(22-15-9-3)42(37(29-34)23-16-10-4)44-32-40-26-19-27-41(46-40)33-45-43-38(24-17-11-5)30-35(21-14-8-2)31-39(43)25-18-12-6/h19,26-33H,7-18,20-25H2,1-6H3. The minimum atomic E-state index is 0.884. The third-order valence-corrected chi connectivity index (χ3v) is 8.94. The highest BCUT2D eigenvalue weighted by Crippen LogP contribution is 2.32. The number of benzene rings is 2. The van der Waals surface area contributed by atoms with Crippen molar-refractivity contribution in [2.24, 2.45) is 9.98 Å². The summed E-state index contributed by atoms with van der Waals surface area (Å²) in [5.74, 6) is 0. The zero-order chi connectivity index (χ0) is 33.0. The Labute approximate surface area is 282 Å². The number of pyridine rings is 1. The molecular weight excluding hydrogens is 558 g/mol. The minimum Gasteiger partial charge on any atom is -0.254 e. The van der Waals surface area contributed by atoms with Gasteiger partial charge in [0, 0.05) is 0 Å². The average molecular weight is 622 g/mol. The van der Waals surface area contributed by atoms with E-state index in [0.29, 0.717) is 0 Å². The maximum absolute atomic E-state index is 5.16. The first-order chi connectivity index (χ1) is 22.6. The van der Waals surface area contributed by atoms with E-state index >= 15 is 0 Å². The molecule has 3 heteroatoms. The number of rotatable bonds is 22. The summed E-state index contributed by atoms with van der Waals surface area (Å²) >= 11 is 0. The largest absolute Gasteiger partial charge is 0.254 e. The number of hydrogen-bond acceptors (Lipinski definition) is 3. The second-order valence-corrected chi connectivity index (χ2v) is 13.2. The summed E-state index contributed by atoms with van der Waals surface area (Å²) in [7, 11) is 0. The van der Waals surface area contributed by atoms with Crippen LogP contribution >= 0.6 is 0 Å². The number of aromatic nitrogens is 1. The third-order valence-electron chi connectivity index (χ3n) is 8.94. The molecule has 3 nitrogen and oxygen atoms in total. The van der Waals surface area contributed by atoms with Crippen LogP contribution in [0.15, 0.2) is 52.4 Å². The molecule has 1 heterocycles. The van der Waals surface area contributed by atoms with Crippen LogP contribution in [0.5, 0.6) is 0 Å². The average Bonchev–Trinajstić information content (AvgIpc) is 3.08. The van der Waals surface area contributed by atoms with Gasteiger partial charge in [-0.3, -0.25) is 9.98 Å². The van der Waals surface area contributed by atoms with Crippen molar-refractivity contribution < 1.29 is 0 Å². The fourth-order valence-corrected chi connectivity index (χ4v) is 6.15. The van der Waals surface area contributed by atoms with Gasteiger partial charge in [-0.05, 0) is 123 Å². The molecule has 3 rings (SSSR count). The minimum absolute atomic E-state index is 0.884. The molecule has 0 amide bonds. The van der Waals surface area contributed by atoms with E-state index in [0.717, 1.165) is 49.9 Å². The molecule has 0 fully saturated rings. The molecule has 2 aromatic carbocycles. The van der Waals surface area contributed by atoms with E-state index in [1.165, 1.54) is 122 Å². The second kappa shape index (κ2) is 21.7. The fourth-order valence-electron chi connectivity index (χ4n) is 6.15. The third kappa shape index (κ3) is 12.3. The Bertz CT molecular complexity index is 1210. The van der Waals surface area contributed by atoms with Gasteiger partial charge in [-0.1, -0.05) is 110 Å². The van der Waals surface area contributed by atoms with Crippen molar-refractivity contribution in [1.82, 2.24) is 4.98 Å². The van der Waals surface area contributed by atoms with Gasteiger partial charge in [0.2, 0.25) is 0 Å². The molecule has 0 bridgehead atoms. The Morgan fingerprint density at radius 2 is 0.761 bits per heavy atom. The highest BCUT2D eigenvalue weighted by atomic mass is 14.8. The molecule has 0 unspecified atom stereocenters. The highest BCUT2D eigenvalue weighted by Gasteiger charge is 2.12. The zero-order valence-electron chi connectivity index (χ0n) is 30.3. The lowest BCUT2D eigenvalue weighted by atomic mass is 9.94. The maximum Gasteiger partial charge on any atom is 0.0820 e. The summed E-state index contributed by atoms with van der Waals surface area (Å²) in [6.07, 6.45) is 25.1. The van der Waals surface area contributed by atoms with Crippen molar-refractivity contribution in [2.45, 2.75) is 157 Å². The predicted molar refractivity (Wildman–Crippen MR) is 203 cm³/mol. The van der Waals surface area contributed by atoms with E-state index in [9.17, 15) is 0 Å². The van der Waals surface area contributed by atoms with Gasteiger partial charge in [0.1, 0.15) is 0 Å². The van der Waals surface area contributed by atoms with Crippen molar-refractivity contribution in [3.05, 3.63) is 87.2 Å². The van der Waals surface area contributed by atoms with E-state index in [1.54, 1.807) is 0 Å². The van der Waals surface area contributed by atoms with Gasteiger partial charge in [-0.15, -0.1) is 0 Å². The first kappa shape index (κ1) is 37.4. The van der Waals surface area contributed by atoms with Gasteiger partial charge in [0.15, 0.2) is 0 Å². The van der Waals surface area contributed by atoms with Gasteiger partial charge in [-0.25, -0.2) is 4.98 Å². The lowest BCUT2D eigenvalue weighted by Gasteiger charge is -2.15. The summed E-state index contributed by atoms with van der Waals surface area (Å²) in [5.41, 5.74) is 12.7. The van der Waals surface area contributed by atoms with Gasteiger partial charge >= 0.3 is 0 Å². The summed E-state index contributed by atoms with van der Waals surface area (Å²) in [5, 5.41) is 0. The van der Waals surface area contributed by atoms with Crippen LogP contribution in [0.25, 0.3) is 0 Å². The quantitative estimate of drug-likeness (QED) is 0.103. The molecule has 0 radical (unpaired) electrons. The summed E-state index contributed by atoms with van der Waals surface area (Å²) in [6, 6.07) is 16.0. The predicted octanol–water partition coefficient (Wildman–Crippen LogP) is 12.6. The van der Waals surface area contributed by atoms with E-state index in [2.05, 4.69) is 84.0 Å². The smallest absolute Gasteiger partial charge is 0.0820 e. The molecular formula is C43H63N3. The number of aliphatic imine (C=N–C) groups is 2. The Kier molecular flexibility index (Phi) is 17.6. The Morgan fingerprint density at radius 1 is 0.457 bits per heavy atom. The number of nitrogens with zero attached hydrogens (tertiary/aromatic N) is 3. The molecule has 3 aromatic rings. The van der Waals surface area contributed by atoms with Crippen molar-refractivity contribution >= 4 is 23.8 Å². The van der Waals surface area contributed by atoms with E-state index in [1.807, 2.05) is 12.4 Å². The van der Waals surface area contributed by atoms with Crippen molar-refractivity contribution in [1.29, 1.82) is 0 Å². The van der Waals surface area contributed by atoms with Gasteiger partial charge in [0.05, 0.1) is 35.2 Å². The zero-order valence-corrected chi connectivity index (χ0v) is 30.3. The molecule has 0 saturated heterocycles. The summed E-state index contributed by atoms with van der Waals surface area (Å²) < 4.78 is 0. The van der Waals surface area contributed by atoms with Gasteiger partial charge in [0.25, 0.3) is 0 Å². The first-order valence-electron chi connectivity index (χ1n) is 18.9. The molecule has 0 aliphatic rings. The van der Waals surface area contributed by atoms with Crippen LogP contribution in [-0.4, -0.2) is 17.4 Å². The molecule has 46 heavy (non-hydrogen) atoms. The Morgan fingerprint density at radius 3 is 1.07 bits per heavy atom. The van der Waals surface area contributed by atoms with Crippen LogP contribution in [0, 0.1) is 0 Å².